The normalized spacial score (nSPS) is 11.2. The van der Waals surface area contributed by atoms with Crippen LogP contribution in [0.15, 0.2) is 72.8 Å². The molecule has 0 aliphatic heterocycles. The van der Waals surface area contributed by atoms with Crippen LogP contribution in [0.3, 0.4) is 0 Å². The van der Waals surface area contributed by atoms with Gasteiger partial charge in [0.15, 0.2) is 5.78 Å². The van der Waals surface area contributed by atoms with Crippen molar-refractivity contribution in [1.29, 1.82) is 0 Å². The predicted molar refractivity (Wildman–Crippen MR) is 140 cm³/mol. The third-order valence-corrected chi connectivity index (χ3v) is 5.19. The van der Waals surface area contributed by atoms with Gasteiger partial charge in [0.2, 0.25) is 0 Å². The van der Waals surface area contributed by atoms with Crippen LogP contribution in [0.2, 0.25) is 0 Å². The molecule has 1 N–H and O–H groups in total. The van der Waals surface area contributed by atoms with Crippen LogP contribution in [0, 0.1) is 5.92 Å². The van der Waals surface area contributed by atoms with Crippen molar-refractivity contribution in [2.45, 2.75) is 85.5 Å². The van der Waals surface area contributed by atoms with Gasteiger partial charge in [-0.2, -0.15) is 0 Å². The molecule has 2 aromatic carbocycles. The van der Waals surface area contributed by atoms with E-state index in [1.165, 1.54) is 36.8 Å². The molecule has 0 heterocycles. The van der Waals surface area contributed by atoms with Crippen molar-refractivity contribution >= 4 is 5.78 Å². The van der Waals surface area contributed by atoms with Crippen LogP contribution in [-0.4, -0.2) is 17.5 Å². The van der Waals surface area contributed by atoms with E-state index in [1.54, 1.807) is 13.0 Å². The topological polar surface area (TPSA) is 37.3 Å². The molecule has 0 aliphatic rings. The first kappa shape index (κ1) is 29.8. The minimum atomic E-state index is 0.192. The molecule has 0 bridgehead atoms. The fourth-order valence-corrected chi connectivity index (χ4v) is 3.16. The first-order chi connectivity index (χ1) is 15.6. The van der Waals surface area contributed by atoms with Crippen LogP contribution in [0.4, 0.5) is 0 Å². The van der Waals surface area contributed by atoms with E-state index < -0.39 is 0 Å². The molecule has 0 saturated heterocycles. The second kappa shape index (κ2) is 22.0. The molecule has 178 valence electrons. The van der Waals surface area contributed by atoms with E-state index in [9.17, 15) is 4.79 Å². The monoisotopic (exact) mass is 438 g/mol. The maximum atomic E-state index is 11.9. The zero-order valence-electron chi connectivity index (χ0n) is 20.9. The van der Waals surface area contributed by atoms with Gasteiger partial charge in [0, 0.05) is 12.5 Å². The highest BCUT2D eigenvalue weighted by atomic mass is 16.2. The Hall–Kier alpha value is -2.19. The standard InChI is InChI=1S/C20H30O.C8H10.C2H6O/c1-3-4-8-13-18(2)20(21)17-12-6-5-9-14-19-15-10-7-11-16-19;1-2-8-6-4-3-5-7-8;1-2-3/h7,10-12,15-18H,3-6,8-9,13-14H2,1-2H3;3-7H,2H2,1H3;3H,2H2,1H3/b17-12-;;/t18-;;/m0../s1. The average molecular weight is 439 g/mol. The van der Waals surface area contributed by atoms with Crippen LogP contribution in [0.1, 0.15) is 83.8 Å². The summed E-state index contributed by atoms with van der Waals surface area (Å²) >= 11 is 0. The number of hydrogen-bond acceptors (Lipinski definition) is 2. The van der Waals surface area contributed by atoms with Crippen LogP contribution in [0.5, 0.6) is 0 Å². The fraction of sp³-hybridized carbons (Fsp3) is 0.500. The van der Waals surface area contributed by atoms with E-state index in [0.29, 0.717) is 5.78 Å². The molecule has 0 spiro atoms. The average Bonchev–Trinajstić information content (AvgIpc) is 2.83. The van der Waals surface area contributed by atoms with Gasteiger partial charge in [-0.15, -0.1) is 0 Å². The number of ketones is 1. The second-order valence-corrected chi connectivity index (χ2v) is 8.09. The lowest BCUT2D eigenvalue weighted by Crippen LogP contribution is -2.07. The Morgan fingerprint density at radius 2 is 1.41 bits per heavy atom. The van der Waals surface area contributed by atoms with Crippen molar-refractivity contribution in [3.8, 4) is 0 Å². The van der Waals surface area contributed by atoms with Crippen molar-refractivity contribution < 1.29 is 9.90 Å². The lowest BCUT2D eigenvalue weighted by molar-refractivity contribution is -0.117. The Morgan fingerprint density at radius 3 is 1.91 bits per heavy atom. The summed E-state index contributed by atoms with van der Waals surface area (Å²) in [6.07, 6.45) is 14.2. The molecule has 0 amide bonds. The maximum Gasteiger partial charge on any atom is 0.158 e. The van der Waals surface area contributed by atoms with Crippen LogP contribution >= 0.6 is 0 Å². The minimum Gasteiger partial charge on any atom is -0.397 e. The summed E-state index contributed by atoms with van der Waals surface area (Å²) in [5, 5.41) is 7.57. The third kappa shape index (κ3) is 17.5. The summed E-state index contributed by atoms with van der Waals surface area (Å²) in [6, 6.07) is 21.0. The molecule has 1 atom stereocenters. The van der Waals surface area contributed by atoms with Gasteiger partial charge >= 0.3 is 0 Å². The van der Waals surface area contributed by atoms with Crippen molar-refractivity contribution in [2.75, 3.05) is 6.61 Å². The van der Waals surface area contributed by atoms with Crippen molar-refractivity contribution in [2.24, 2.45) is 5.92 Å². The van der Waals surface area contributed by atoms with Gasteiger partial charge in [0.25, 0.3) is 0 Å². The quantitative estimate of drug-likeness (QED) is 0.269. The molecule has 2 heteroatoms. The van der Waals surface area contributed by atoms with Crippen LogP contribution in [-0.2, 0) is 17.6 Å². The lowest BCUT2D eigenvalue weighted by Gasteiger charge is -2.06. The molecule has 2 rings (SSSR count). The number of hydrogen-bond donors (Lipinski definition) is 1. The van der Waals surface area contributed by atoms with Crippen molar-refractivity contribution in [3.63, 3.8) is 0 Å². The van der Waals surface area contributed by atoms with E-state index in [4.69, 9.17) is 5.11 Å². The highest BCUT2D eigenvalue weighted by Crippen LogP contribution is 2.12. The number of aliphatic hydroxyl groups is 1. The summed E-state index contributed by atoms with van der Waals surface area (Å²) in [5.41, 5.74) is 2.81. The number of aryl methyl sites for hydroxylation is 2. The van der Waals surface area contributed by atoms with Crippen molar-refractivity contribution in [1.82, 2.24) is 0 Å². The molecule has 2 nitrogen and oxygen atoms in total. The summed E-state index contributed by atoms with van der Waals surface area (Å²) < 4.78 is 0. The molecule has 0 radical (unpaired) electrons. The third-order valence-electron chi connectivity index (χ3n) is 5.19. The Labute approximate surface area is 197 Å². The van der Waals surface area contributed by atoms with Crippen LogP contribution in [0.25, 0.3) is 0 Å². The van der Waals surface area contributed by atoms with Gasteiger partial charge in [-0.25, -0.2) is 0 Å². The molecule has 0 aromatic heterocycles. The number of aliphatic hydroxyl groups excluding tert-OH is 1. The predicted octanol–water partition coefficient (Wildman–Crippen LogP) is 7.99. The van der Waals surface area contributed by atoms with E-state index in [2.05, 4.69) is 81.4 Å². The molecule has 0 aliphatic carbocycles. The lowest BCUT2D eigenvalue weighted by atomic mass is 9.98. The molecule has 0 saturated carbocycles. The Balaban J connectivity index is 0.000000717. The van der Waals surface area contributed by atoms with Gasteiger partial charge < -0.3 is 5.11 Å². The zero-order valence-corrected chi connectivity index (χ0v) is 20.9. The molecular weight excluding hydrogens is 392 g/mol. The van der Waals surface area contributed by atoms with Crippen LogP contribution < -0.4 is 0 Å². The van der Waals surface area contributed by atoms with Gasteiger partial charge in [-0.3, -0.25) is 4.79 Å². The second-order valence-electron chi connectivity index (χ2n) is 8.09. The van der Waals surface area contributed by atoms with Crippen molar-refractivity contribution in [3.05, 3.63) is 83.9 Å². The number of carbonyl (C=O) groups is 1. The molecular formula is C30H46O2. The Kier molecular flexibility index (Phi) is 20.5. The Bertz CT molecular complexity index is 676. The molecule has 32 heavy (non-hydrogen) atoms. The van der Waals surface area contributed by atoms with Gasteiger partial charge in [0.1, 0.15) is 0 Å². The summed E-state index contributed by atoms with van der Waals surface area (Å²) in [6.45, 7) is 8.34. The summed E-state index contributed by atoms with van der Waals surface area (Å²) in [7, 11) is 0. The number of rotatable bonds is 12. The number of carbonyl (C=O) groups excluding carboxylic acids is 1. The zero-order chi connectivity index (χ0) is 23.9. The summed E-state index contributed by atoms with van der Waals surface area (Å²) in [4.78, 5) is 11.9. The van der Waals surface area contributed by atoms with E-state index >= 15 is 0 Å². The number of benzene rings is 2. The van der Waals surface area contributed by atoms with E-state index in [0.717, 1.165) is 32.1 Å². The number of unbranched alkanes of at least 4 members (excludes halogenated alkanes) is 4. The molecule has 2 aromatic rings. The first-order valence-corrected chi connectivity index (χ1v) is 12.5. The maximum absolute atomic E-state index is 11.9. The summed E-state index contributed by atoms with van der Waals surface area (Å²) in [5.74, 6) is 0.492. The number of allylic oxidation sites excluding steroid dienone is 2. The van der Waals surface area contributed by atoms with Gasteiger partial charge in [-0.05, 0) is 62.7 Å². The fourth-order valence-electron chi connectivity index (χ4n) is 3.16. The van der Waals surface area contributed by atoms with E-state index in [1.807, 2.05) is 6.07 Å². The van der Waals surface area contributed by atoms with E-state index in [-0.39, 0.29) is 12.5 Å². The molecule has 0 unspecified atom stereocenters. The first-order valence-electron chi connectivity index (χ1n) is 12.5. The largest absolute Gasteiger partial charge is 0.397 e. The SMILES string of the molecule is CCCCC[C@H](C)C(=O)/C=C\CCCCc1ccccc1.CCO.CCc1ccccc1. The van der Waals surface area contributed by atoms with Gasteiger partial charge in [0.05, 0.1) is 0 Å². The van der Waals surface area contributed by atoms with Gasteiger partial charge in [-0.1, -0.05) is 107 Å². The smallest absolute Gasteiger partial charge is 0.158 e. The highest BCUT2D eigenvalue weighted by molar-refractivity contribution is 5.91. The Morgan fingerprint density at radius 1 is 0.844 bits per heavy atom. The molecule has 0 fully saturated rings. The highest BCUT2D eigenvalue weighted by Gasteiger charge is 2.08. The minimum absolute atomic E-state index is 0.192.